The Kier molecular flexibility index (Phi) is 6.77. The zero-order chi connectivity index (χ0) is 18.1. The molecule has 0 aliphatic rings. The molecular formula is C20H21NO4. The summed E-state index contributed by atoms with van der Waals surface area (Å²) in [6.07, 6.45) is 2.63. The number of benzene rings is 2. The van der Waals surface area contributed by atoms with E-state index in [1.54, 1.807) is 12.2 Å². The number of aryl methyl sites for hydroxylation is 1. The van der Waals surface area contributed by atoms with Crippen molar-refractivity contribution < 1.29 is 19.1 Å². The van der Waals surface area contributed by atoms with Gasteiger partial charge in [0.05, 0.1) is 7.11 Å². The highest BCUT2D eigenvalue weighted by molar-refractivity contribution is 5.84. The van der Waals surface area contributed by atoms with Crippen molar-refractivity contribution in [3.63, 3.8) is 0 Å². The van der Waals surface area contributed by atoms with Crippen LogP contribution in [0.25, 0.3) is 6.08 Å². The Labute approximate surface area is 147 Å². The molecule has 1 amide bonds. The van der Waals surface area contributed by atoms with Gasteiger partial charge >= 0.3 is 12.1 Å². The molecule has 130 valence electrons. The minimum Gasteiger partial charge on any atom is -0.467 e. The number of methoxy groups -OCH3 is 1. The maximum Gasteiger partial charge on any atom is 0.408 e. The topological polar surface area (TPSA) is 64.6 Å². The predicted octanol–water partition coefficient (Wildman–Crippen LogP) is 3.48. The lowest BCUT2D eigenvalue weighted by molar-refractivity contribution is -0.141. The average Bonchev–Trinajstić information content (AvgIpc) is 2.65. The quantitative estimate of drug-likeness (QED) is 0.819. The van der Waals surface area contributed by atoms with E-state index in [2.05, 4.69) is 5.32 Å². The smallest absolute Gasteiger partial charge is 0.408 e. The molecule has 0 bridgehead atoms. The van der Waals surface area contributed by atoms with Gasteiger partial charge in [0.2, 0.25) is 0 Å². The van der Waals surface area contributed by atoms with E-state index in [4.69, 9.17) is 9.47 Å². The van der Waals surface area contributed by atoms with Crippen molar-refractivity contribution in [2.75, 3.05) is 7.11 Å². The molecule has 1 atom stereocenters. The lowest BCUT2D eigenvalue weighted by Gasteiger charge is -2.13. The minimum absolute atomic E-state index is 0.127. The second-order valence-corrected chi connectivity index (χ2v) is 5.48. The molecule has 1 unspecified atom stereocenters. The zero-order valence-electron chi connectivity index (χ0n) is 14.3. The summed E-state index contributed by atoms with van der Waals surface area (Å²) in [4.78, 5) is 23.8. The van der Waals surface area contributed by atoms with E-state index in [0.29, 0.717) is 0 Å². The molecular weight excluding hydrogens is 318 g/mol. The van der Waals surface area contributed by atoms with E-state index in [9.17, 15) is 9.59 Å². The van der Waals surface area contributed by atoms with Gasteiger partial charge in [0, 0.05) is 0 Å². The van der Waals surface area contributed by atoms with E-state index in [1.807, 2.05) is 61.5 Å². The Hall–Kier alpha value is -3.08. The zero-order valence-corrected chi connectivity index (χ0v) is 14.3. The minimum atomic E-state index is -0.922. The van der Waals surface area contributed by atoms with Gasteiger partial charge in [0.1, 0.15) is 12.6 Å². The summed E-state index contributed by atoms with van der Waals surface area (Å²) in [7, 11) is 1.27. The highest BCUT2D eigenvalue weighted by Crippen LogP contribution is 2.07. The van der Waals surface area contributed by atoms with Gasteiger partial charge in [-0.15, -0.1) is 0 Å². The van der Waals surface area contributed by atoms with Crippen LogP contribution in [-0.2, 0) is 20.9 Å². The Morgan fingerprint density at radius 3 is 2.40 bits per heavy atom. The first-order valence-electron chi connectivity index (χ1n) is 7.88. The van der Waals surface area contributed by atoms with Gasteiger partial charge in [-0.2, -0.15) is 0 Å². The van der Waals surface area contributed by atoms with Gasteiger partial charge in [0.25, 0.3) is 0 Å². The Morgan fingerprint density at radius 1 is 1.08 bits per heavy atom. The predicted molar refractivity (Wildman–Crippen MR) is 95.8 cm³/mol. The van der Waals surface area contributed by atoms with Crippen molar-refractivity contribution in [3.8, 4) is 0 Å². The van der Waals surface area contributed by atoms with Crippen LogP contribution in [0.5, 0.6) is 0 Å². The molecule has 5 heteroatoms. The molecule has 1 N–H and O–H groups in total. The standard InChI is InChI=1S/C20H21NO4/c1-15-8-10-16(11-9-15)12-13-18(19(22)24-2)21-20(23)25-14-17-6-4-3-5-7-17/h3-13,18H,14H2,1-2H3,(H,21,23)/b13-12+. The number of hydrogen-bond donors (Lipinski definition) is 1. The van der Waals surface area contributed by atoms with E-state index in [1.165, 1.54) is 7.11 Å². The molecule has 0 radical (unpaired) electrons. The van der Waals surface area contributed by atoms with E-state index < -0.39 is 18.1 Å². The fourth-order valence-corrected chi connectivity index (χ4v) is 2.09. The Morgan fingerprint density at radius 2 is 1.76 bits per heavy atom. The summed E-state index contributed by atoms with van der Waals surface area (Å²) >= 11 is 0. The molecule has 2 aromatic rings. The van der Waals surface area contributed by atoms with Gasteiger partial charge in [-0.05, 0) is 18.1 Å². The molecule has 0 saturated heterocycles. The van der Waals surface area contributed by atoms with Gasteiger partial charge in [0.15, 0.2) is 0 Å². The highest BCUT2D eigenvalue weighted by atomic mass is 16.6. The number of ether oxygens (including phenoxy) is 2. The monoisotopic (exact) mass is 339 g/mol. The Balaban J connectivity index is 1.96. The van der Waals surface area contributed by atoms with Crippen LogP contribution in [0.15, 0.2) is 60.7 Å². The second kappa shape index (κ2) is 9.27. The first kappa shape index (κ1) is 18.3. The van der Waals surface area contributed by atoms with Crippen molar-refractivity contribution >= 4 is 18.1 Å². The summed E-state index contributed by atoms with van der Waals surface area (Å²) in [5, 5.41) is 2.50. The number of carbonyl (C=O) groups is 2. The van der Waals surface area contributed by atoms with Crippen LogP contribution in [0.1, 0.15) is 16.7 Å². The van der Waals surface area contributed by atoms with Crippen LogP contribution in [0.2, 0.25) is 0 Å². The number of esters is 1. The first-order chi connectivity index (χ1) is 12.1. The van der Waals surface area contributed by atoms with Crippen molar-refractivity contribution in [2.24, 2.45) is 0 Å². The molecule has 0 heterocycles. The molecule has 25 heavy (non-hydrogen) atoms. The van der Waals surface area contributed by atoms with E-state index >= 15 is 0 Å². The third-order valence-corrected chi connectivity index (χ3v) is 3.50. The second-order valence-electron chi connectivity index (χ2n) is 5.48. The van der Waals surface area contributed by atoms with Crippen molar-refractivity contribution in [3.05, 3.63) is 77.4 Å². The van der Waals surface area contributed by atoms with Crippen LogP contribution >= 0.6 is 0 Å². The highest BCUT2D eigenvalue weighted by Gasteiger charge is 2.19. The molecule has 0 saturated carbocycles. The third-order valence-electron chi connectivity index (χ3n) is 3.50. The SMILES string of the molecule is COC(=O)C(/C=C/c1ccc(C)cc1)NC(=O)OCc1ccccc1. The van der Waals surface area contributed by atoms with E-state index in [0.717, 1.165) is 16.7 Å². The Bertz CT molecular complexity index is 723. The molecule has 5 nitrogen and oxygen atoms in total. The first-order valence-corrected chi connectivity index (χ1v) is 7.88. The summed E-state index contributed by atoms with van der Waals surface area (Å²) in [6.45, 7) is 2.12. The van der Waals surface area contributed by atoms with Crippen LogP contribution in [0.4, 0.5) is 4.79 Å². The van der Waals surface area contributed by atoms with Gasteiger partial charge < -0.3 is 14.8 Å². The lowest BCUT2D eigenvalue weighted by atomic mass is 10.1. The summed E-state index contributed by atoms with van der Waals surface area (Å²) in [5.74, 6) is -0.569. The molecule has 2 aromatic carbocycles. The van der Waals surface area contributed by atoms with E-state index in [-0.39, 0.29) is 6.61 Å². The lowest BCUT2D eigenvalue weighted by Crippen LogP contribution is -2.40. The molecule has 2 rings (SSSR count). The maximum atomic E-state index is 11.9. The normalized spacial score (nSPS) is 11.8. The van der Waals surface area contributed by atoms with Crippen LogP contribution < -0.4 is 5.32 Å². The van der Waals surface area contributed by atoms with Crippen molar-refractivity contribution in [1.29, 1.82) is 0 Å². The number of amides is 1. The van der Waals surface area contributed by atoms with Crippen molar-refractivity contribution in [1.82, 2.24) is 5.32 Å². The van der Waals surface area contributed by atoms with Gasteiger partial charge in [-0.25, -0.2) is 9.59 Å². The fraction of sp³-hybridized carbons (Fsp3) is 0.200. The van der Waals surface area contributed by atoms with Crippen molar-refractivity contribution in [2.45, 2.75) is 19.6 Å². The molecule has 0 fully saturated rings. The van der Waals surface area contributed by atoms with Crippen LogP contribution in [-0.4, -0.2) is 25.2 Å². The maximum absolute atomic E-state index is 11.9. The molecule has 0 aliphatic carbocycles. The average molecular weight is 339 g/mol. The third kappa shape index (κ3) is 6.14. The van der Waals surface area contributed by atoms with Crippen LogP contribution in [0, 0.1) is 6.92 Å². The van der Waals surface area contributed by atoms with Gasteiger partial charge in [-0.1, -0.05) is 72.3 Å². The number of rotatable bonds is 6. The summed E-state index contributed by atoms with van der Waals surface area (Å²) < 4.78 is 9.85. The van der Waals surface area contributed by atoms with Gasteiger partial charge in [-0.3, -0.25) is 0 Å². The number of hydrogen-bond acceptors (Lipinski definition) is 4. The summed E-state index contributed by atoms with van der Waals surface area (Å²) in [6, 6.07) is 16.2. The number of nitrogens with one attached hydrogen (secondary N) is 1. The summed E-state index contributed by atoms with van der Waals surface area (Å²) in [5.41, 5.74) is 2.92. The molecule has 0 aliphatic heterocycles. The number of carbonyl (C=O) groups excluding carboxylic acids is 2. The van der Waals surface area contributed by atoms with Crippen LogP contribution in [0.3, 0.4) is 0 Å². The molecule has 0 aromatic heterocycles. The fourth-order valence-electron chi connectivity index (χ4n) is 2.09. The number of alkyl carbamates (subject to hydrolysis) is 1. The largest absolute Gasteiger partial charge is 0.467 e. The molecule has 0 spiro atoms.